The molecule has 3 unspecified atom stereocenters. The Morgan fingerprint density at radius 3 is 2.58 bits per heavy atom. The van der Waals surface area contributed by atoms with E-state index in [4.69, 9.17) is 4.74 Å². The minimum absolute atomic E-state index is 0.0231. The average Bonchev–Trinajstić information content (AvgIpc) is 3.36. The van der Waals surface area contributed by atoms with E-state index >= 15 is 0 Å². The quantitative estimate of drug-likeness (QED) is 0.671. The van der Waals surface area contributed by atoms with E-state index in [2.05, 4.69) is 17.5 Å². The first-order chi connectivity index (χ1) is 15.2. The third kappa shape index (κ3) is 4.65. The van der Waals surface area contributed by atoms with E-state index in [-0.39, 0.29) is 17.9 Å². The van der Waals surface area contributed by atoms with Crippen LogP contribution in [0.3, 0.4) is 0 Å². The Morgan fingerprint density at radius 1 is 1.06 bits per heavy atom. The Kier molecular flexibility index (Phi) is 6.02. The van der Waals surface area contributed by atoms with Crippen molar-refractivity contribution in [3.63, 3.8) is 0 Å². The van der Waals surface area contributed by atoms with E-state index in [9.17, 15) is 9.59 Å². The van der Waals surface area contributed by atoms with Crippen LogP contribution in [0.4, 0.5) is 0 Å². The molecule has 2 amide bonds. The van der Waals surface area contributed by atoms with Gasteiger partial charge in [0.05, 0.1) is 0 Å². The van der Waals surface area contributed by atoms with Gasteiger partial charge >= 0.3 is 0 Å². The first-order valence-electron chi connectivity index (χ1n) is 12.2. The largest absolute Gasteiger partial charge is 0.490 e. The van der Waals surface area contributed by atoms with Crippen LogP contribution in [0.1, 0.15) is 61.7 Å². The van der Waals surface area contributed by atoms with Crippen molar-refractivity contribution in [1.82, 2.24) is 10.2 Å². The summed E-state index contributed by atoms with van der Waals surface area (Å²) in [6.07, 6.45) is 13.5. The number of nitrogens with one attached hydrogen (secondary N) is 1. The van der Waals surface area contributed by atoms with Crippen LogP contribution < -0.4 is 10.1 Å². The first kappa shape index (κ1) is 20.6. The average molecular weight is 423 g/mol. The van der Waals surface area contributed by atoms with Gasteiger partial charge < -0.3 is 15.0 Å². The molecule has 1 saturated heterocycles. The maximum atomic E-state index is 12.6. The predicted octanol–water partition coefficient (Wildman–Crippen LogP) is 4.19. The summed E-state index contributed by atoms with van der Waals surface area (Å²) in [5.74, 6) is 3.57. The van der Waals surface area contributed by atoms with Crippen LogP contribution in [0.2, 0.25) is 0 Å². The highest BCUT2D eigenvalue weighted by molar-refractivity contribution is 5.94. The molecule has 0 spiro atoms. The van der Waals surface area contributed by atoms with Gasteiger partial charge in [-0.3, -0.25) is 9.59 Å². The van der Waals surface area contributed by atoms with Gasteiger partial charge in [-0.25, -0.2) is 0 Å². The maximum Gasteiger partial charge on any atom is 0.251 e. The van der Waals surface area contributed by atoms with E-state index in [0.717, 1.165) is 75.2 Å². The summed E-state index contributed by atoms with van der Waals surface area (Å²) in [4.78, 5) is 27.0. The third-order valence-corrected chi connectivity index (χ3v) is 7.82. The molecular formula is C26H34N2O3. The van der Waals surface area contributed by atoms with Gasteiger partial charge in [-0.2, -0.15) is 0 Å². The fourth-order valence-electron chi connectivity index (χ4n) is 5.71. The molecule has 1 heterocycles. The summed E-state index contributed by atoms with van der Waals surface area (Å²) >= 11 is 0. The summed E-state index contributed by atoms with van der Waals surface area (Å²) in [5, 5.41) is 3.09. The highest BCUT2D eigenvalue weighted by Crippen LogP contribution is 2.44. The number of rotatable bonds is 7. The highest BCUT2D eigenvalue weighted by atomic mass is 16.5. The zero-order valence-electron chi connectivity index (χ0n) is 18.3. The normalized spacial score (nSPS) is 27.9. The standard InChI is InChI=1S/C26H34N2O3/c29-25(27-12-9-21-16-18-7-8-20(21)15-18)22-5-2-6-24(17-22)31-23-10-13-28(14-11-23)26(30)19-3-1-4-19/h2,5-8,17-21,23H,1,3-4,9-16H2,(H,27,29). The zero-order chi connectivity index (χ0) is 21.2. The van der Waals surface area contributed by atoms with Gasteiger partial charge in [-0.15, -0.1) is 0 Å². The van der Waals surface area contributed by atoms with Gasteiger partial charge in [0.2, 0.25) is 5.91 Å². The van der Waals surface area contributed by atoms with Crippen molar-refractivity contribution in [1.29, 1.82) is 0 Å². The number of carbonyl (C=O) groups is 2. The minimum Gasteiger partial charge on any atom is -0.490 e. The van der Waals surface area contributed by atoms with Crippen molar-refractivity contribution in [3.8, 4) is 5.75 Å². The lowest BCUT2D eigenvalue weighted by Crippen LogP contribution is -2.45. The predicted molar refractivity (Wildman–Crippen MR) is 120 cm³/mol. The first-order valence-corrected chi connectivity index (χ1v) is 12.2. The van der Waals surface area contributed by atoms with Gasteiger partial charge in [-0.05, 0) is 68.1 Å². The Labute approximate surface area is 185 Å². The molecular weight excluding hydrogens is 388 g/mol. The van der Waals surface area contributed by atoms with Crippen molar-refractivity contribution in [2.24, 2.45) is 23.7 Å². The fourth-order valence-corrected chi connectivity index (χ4v) is 5.71. The van der Waals surface area contributed by atoms with Gasteiger partial charge in [0, 0.05) is 44.0 Å². The van der Waals surface area contributed by atoms with E-state index < -0.39 is 0 Å². The third-order valence-electron chi connectivity index (χ3n) is 7.82. The molecule has 166 valence electrons. The highest BCUT2D eigenvalue weighted by Gasteiger charge is 2.35. The molecule has 31 heavy (non-hydrogen) atoms. The smallest absolute Gasteiger partial charge is 0.251 e. The molecule has 2 bridgehead atoms. The van der Waals surface area contributed by atoms with Gasteiger partial charge in [0.1, 0.15) is 11.9 Å². The van der Waals surface area contributed by atoms with Crippen LogP contribution in [0, 0.1) is 23.7 Å². The Balaban J connectivity index is 1.07. The number of carbonyl (C=O) groups excluding carboxylic acids is 2. The second kappa shape index (κ2) is 9.05. The summed E-state index contributed by atoms with van der Waals surface area (Å²) in [5.41, 5.74) is 0.655. The number of allylic oxidation sites excluding steroid dienone is 2. The van der Waals surface area contributed by atoms with Gasteiger partial charge in [0.25, 0.3) is 5.91 Å². The summed E-state index contributed by atoms with van der Waals surface area (Å²) in [7, 11) is 0. The Bertz CT molecular complexity index is 839. The second-order valence-electron chi connectivity index (χ2n) is 9.88. The van der Waals surface area contributed by atoms with Crippen molar-refractivity contribution < 1.29 is 14.3 Å². The monoisotopic (exact) mass is 422 g/mol. The topological polar surface area (TPSA) is 58.6 Å². The number of nitrogens with zero attached hydrogens (tertiary/aromatic N) is 1. The number of benzene rings is 1. The van der Waals surface area contributed by atoms with Crippen molar-refractivity contribution in [2.75, 3.05) is 19.6 Å². The number of amides is 2. The minimum atomic E-state index is -0.0231. The lowest BCUT2D eigenvalue weighted by atomic mass is 9.84. The van der Waals surface area contributed by atoms with Crippen LogP contribution >= 0.6 is 0 Å². The number of ether oxygens (including phenoxy) is 1. The molecule has 0 aromatic heterocycles. The SMILES string of the molecule is O=C(NCCC1CC2C=CC1C2)c1cccc(OC2CCN(C(=O)C3CCC3)CC2)c1. The molecule has 3 fully saturated rings. The molecule has 1 aromatic carbocycles. The van der Waals surface area contributed by atoms with Crippen molar-refractivity contribution in [3.05, 3.63) is 42.0 Å². The summed E-state index contributed by atoms with van der Waals surface area (Å²) in [6, 6.07) is 7.51. The van der Waals surface area contributed by atoms with E-state index in [0.29, 0.717) is 11.5 Å². The molecule has 4 aliphatic rings. The lowest BCUT2D eigenvalue weighted by Gasteiger charge is -2.36. The molecule has 1 aromatic rings. The van der Waals surface area contributed by atoms with E-state index in [1.54, 1.807) is 0 Å². The van der Waals surface area contributed by atoms with Crippen LogP contribution in [-0.4, -0.2) is 42.5 Å². The molecule has 3 atom stereocenters. The van der Waals surface area contributed by atoms with E-state index in [1.807, 2.05) is 29.2 Å². The lowest BCUT2D eigenvalue weighted by molar-refractivity contribution is -0.140. The zero-order valence-corrected chi connectivity index (χ0v) is 18.3. The van der Waals surface area contributed by atoms with Crippen LogP contribution in [-0.2, 0) is 4.79 Å². The van der Waals surface area contributed by atoms with E-state index in [1.165, 1.54) is 19.3 Å². The molecule has 5 heteroatoms. The fraction of sp³-hybridized carbons (Fsp3) is 0.615. The van der Waals surface area contributed by atoms with Crippen LogP contribution in [0.5, 0.6) is 5.75 Å². The molecule has 1 aliphatic heterocycles. The number of piperidine rings is 1. The molecule has 2 saturated carbocycles. The molecule has 3 aliphatic carbocycles. The van der Waals surface area contributed by atoms with Crippen molar-refractivity contribution >= 4 is 11.8 Å². The van der Waals surface area contributed by atoms with Gasteiger partial charge in [0.15, 0.2) is 0 Å². The molecule has 1 N–H and O–H groups in total. The van der Waals surface area contributed by atoms with Crippen molar-refractivity contribution in [2.45, 2.75) is 57.5 Å². The van der Waals surface area contributed by atoms with Crippen LogP contribution in [0.15, 0.2) is 36.4 Å². The maximum absolute atomic E-state index is 12.6. The molecule has 0 radical (unpaired) electrons. The Morgan fingerprint density at radius 2 is 1.90 bits per heavy atom. The number of likely N-dealkylation sites (tertiary alicyclic amines) is 1. The molecule has 5 nitrogen and oxygen atoms in total. The Hall–Kier alpha value is -2.30. The molecule has 5 rings (SSSR count). The number of hydrogen-bond donors (Lipinski definition) is 1. The van der Waals surface area contributed by atoms with Gasteiger partial charge in [-0.1, -0.05) is 24.6 Å². The summed E-state index contributed by atoms with van der Waals surface area (Å²) < 4.78 is 6.17. The number of fused-ring (bicyclic) bond motifs is 2. The van der Waals surface area contributed by atoms with Crippen LogP contribution in [0.25, 0.3) is 0 Å². The summed E-state index contributed by atoms with van der Waals surface area (Å²) in [6.45, 7) is 2.29. The second-order valence-corrected chi connectivity index (χ2v) is 9.88. The number of hydrogen-bond acceptors (Lipinski definition) is 3.